The van der Waals surface area contributed by atoms with Gasteiger partial charge in [-0.1, -0.05) is 34.1 Å². The average molecular weight is 185 g/mol. The lowest BCUT2D eigenvalue weighted by molar-refractivity contribution is 0.295. The molecular weight excluding hydrogens is 158 g/mol. The van der Waals surface area contributed by atoms with Gasteiger partial charge in [-0.2, -0.15) is 0 Å². The molecule has 0 heterocycles. The fourth-order valence-electron chi connectivity index (χ4n) is 1.69. The molecule has 13 heavy (non-hydrogen) atoms. The van der Waals surface area contributed by atoms with Gasteiger partial charge in [-0.15, -0.1) is 0 Å². The van der Waals surface area contributed by atoms with Gasteiger partial charge in [0.25, 0.3) is 0 Å². The summed E-state index contributed by atoms with van der Waals surface area (Å²) in [5.74, 6) is 2.64. The average Bonchev–Trinajstić information content (AvgIpc) is 2.13. The highest BCUT2D eigenvalue weighted by molar-refractivity contribution is 4.65. The van der Waals surface area contributed by atoms with Crippen LogP contribution >= 0.6 is 0 Å². The Morgan fingerprint density at radius 3 is 2.15 bits per heavy atom. The first-order valence-corrected chi connectivity index (χ1v) is 5.76. The Morgan fingerprint density at radius 2 is 1.69 bits per heavy atom. The standard InChI is InChI=1S/C12H27N/c1-6-10(2)9-12(4)11(3)7-8-13-5/h10-13H,6-9H2,1-5H3. The van der Waals surface area contributed by atoms with E-state index in [0.29, 0.717) is 0 Å². The van der Waals surface area contributed by atoms with Crippen molar-refractivity contribution < 1.29 is 0 Å². The predicted molar refractivity (Wildman–Crippen MR) is 60.9 cm³/mol. The van der Waals surface area contributed by atoms with Gasteiger partial charge >= 0.3 is 0 Å². The lowest BCUT2D eigenvalue weighted by atomic mass is 9.85. The van der Waals surface area contributed by atoms with Crippen LogP contribution in [0.4, 0.5) is 0 Å². The molecule has 0 aromatic rings. The smallest absolute Gasteiger partial charge is 0.00493 e. The lowest BCUT2D eigenvalue weighted by Crippen LogP contribution is -2.17. The second kappa shape index (κ2) is 7.37. The predicted octanol–water partition coefficient (Wildman–Crippen LogP) is 3.30. The molecule has 0 fully saturated rings. The van der Waals surface area contributed by atoms with Crippen LogP contribution in [-0.2, 0) is 0 Å². The third-order valence-corrected chi connectivity index (χ3v) is 3.29. The molecule has 0 aliphatic carbocycles. The van der Waals surface area contributed by atoms with Crippen molar-refractivity contribution in [3.8, 4) is 0 Å². The molecule has 0 bridgehead atoms. The lowest BCUT2D eigenvalue weighted by Gasteiger charge is -2.22. The van der Waals surface area contributed by atoms with Crippen LogP contribution in [0.15, 0.2) is 0 Å². The van der Waals surface area contributed by atoms with E-state index < -0.39 is 0 Å². The Labute approximate surface area is 84.3 Å². The first-order chi connectivity index (χ1) is 6.11. The zero-order valence-corrected chi connectivity index (χ0v) is 10.1. The molecule has 0 radical (unpaired) electrons. The molecule has 1 nitrogen and oxygen atoms in total. The molecule has 1 heteroatoms. The van der Waals surface area contributed by atoms with Crippen LogP contribution in [0.5, 0.6) is 0 Å². The van der Waals surface area contributed by atoms with Crippen molar-refractivity contribution in [2.75, 3.05) is 13.6 Å². The van der Waals surface area contributed by atoms with Crippen molar-refractivity contribution in [3.05, 3.63) is 0 Å². The minimum absolute atomic E-state index is 0.862. The number of hydrogen-bond donors (Lipinski definition) is 1. The SMILES string of the molecule is CCC(C)CC(C)C(C)CCNC. The van der Waals surface area contributed by atoms with E-state index in [1.54, 1.807) is 0 Å². The van der Waals surface area contributed by atoms with E-state index in [2.05, 4.69) is 33.0 Å². The second-order valence-electron chi connectivity index (χ2n) is 4.60. The molecule has 80 valence electrons. The summed E-state index contributed by atoms with van der Waals surface area (Å²) in [5.41, 5.74) is 0. The Hall–Kier alpha value is -0.0400. The summed E-state index contributed by atoms with van der Waals surface area (Å²) in [6.45, 7) is 10.6. The Bertz CT molecular complexity index is 112. The number of nitrogens with one attached hydrogen (secondary N) is 1. The maximum absolute atomic E-state index is 3.22. The van der Waals surface area contributed by atoms with Crippen LogP contribution in [0.3, 0.4) is 0 Å². The number of hydrogen-bond acceptors (Lipinski definition) is 1. The highest BCUT2D eigenvalue weighted by Crippen LogP contribution is 2.23. The van der Waals surface area contributed by atoms with Gasteiger partial charge in [-0.05, 0) is 44.2 Å². The van der Waals surface area contributed by atoms with E-state index in [1.165, 1.54) is 19.3 Å². The van der Waals surface area contributed by atoms with Gasteiger partial charge in [0.05, 0.1) is 0 Å². The molecule has 3 unspecified atom stereocenters. The molecule has 1 N–H and O–H groups in total. The zero-order valence-electron chi connectivity index (χ0n) is 10.1. The summed E-state index contributed by atoms with van der Waals surface area (Å²) in [7, 11) is 2.03. The maximum atomic E-state index is 3.22. The molecule has 0 aliphatic heterocycles. The van der Waals surface area contributed by atoms with Crippen LogP contribution in [0.1, 0.15) is 47.0 Å². The topological polar surface area (TPSA) is 12.0 Å². The molecule has 0 aromatic heterocycles. The van der Waals surface area contributed by atoms with Crippen molar-refractivity contribution in [2.45, 2.75) is 47.0 Å². The summed E-state index contributed by atoms with van der Waals surface area (Å²) < 4.78 is 0. The summed E-state index contributed by atoms with van der Waals surface area (Å²) in [6.07, 6.45) is 4.03. The quantitative estimate of drug-likeness (QED) is 0.641. The van der Waals surface area contributed by atoms with Crippen molar-refractivity contribution in [1.29, 1.82) is 0 Å². The summed E-state index contributed by atoms with van der Waals surface area (Å²) >= 11 is 0. The molecule has 0 aromatic carbocycles. The fourth-order valence-corrected chi connectivity index (χ4v) is 1.69. The van der Waals surface area contributed by atoms with Crippen LogP contribution in [0, 0.1) is 17.8 Å². The van der Waals surface area contributed by atoms with Crippen LogP contribution in [0.2, 0.25) is 0 Å². The first-order valence-electron chi connectivity index (χ1n) is 5.76. The van der Waals surface area contributed by atoms with Crippen molar-refractivity contribution in [2.24, 2.45) is 17.8 Å². The van der Waals surface area contributed by atoms with E-state index in [9.17, 15) is 0 Å². The van der Waals surface area contributed by atoms with E-state index in [1.807, 2.05) is 7.05 Å². The van der Waals surface area contributed by atoms with E-state index in [4.69, 9.17) is 0 Å². The number of rotatable bonds is 7. The molecule has 0 saturated heterocycles. The van der Waals surface area contributed by atoms with Crippen molar-refractivity contribution in [1.82, 2.24) is 5.32 Å². The van der Waals surface area contributed by atoms with Crippen LogP contribution in [-0.4, -0.2) is 13.6 Å². The normalized spacial score (nSPS) is 18.2. The third kappa shape index (κ3) is 6.09. The third-order valence-electron chi connectivity index (χ3n) is 3.29. The molecule has 0 saturated carbocycles. The highest BCUT2D eigenvalue weighted by atomic mass is 14.8. The summed E-state index contributed by atoms with van der Waals surface area (Å²) in [5, 5.41) is 3.22. The Balaban J connectivity index is 3.61. The molecule has 3 atom stereocenters. The van der Waals surface area contributed by atoms with E-state index in [-0.39, 0.29) is 0 Å². The van der Waals surface area contributed by atoms with Crippen molar-refractivity contribution in [3.63, 3.8) is 0 Å². The van der Waals surface area contributed by atoms with E-state index >= 15 is 0 Å². The Kier molecular flexibility index (Phi) is 7.35. The van der Waals surface area contributed by atoms with Gasteiger partial charge in [0.2, 0.25) is 0 Å². The monoisotopic (exact) mass is 185 g/mol. The van der Waals surface area contributed by atoms with Gasteiger partial charge in [0.15, 0.2) is 0 Å². The largest absolute Gasteiger partial charge is 0.320 e. The molecule has 0 rings (SSSR count). The summed E-state index contributed by atoms with van der Waals surface area (Å²) in [4.78, 5) is 0. The van der Waals surface area contributed by atoms with Gasteiger partial charge in [0, 0.05) is 0 Å². The van der Waals surface area contributed by atoms with Gasteiger partial charge in [0.1, 0.15) is 0 Å². The van der Waals surface area contributed by atoms with Gasteiger partial charge < -0.3 is 5.32 Å². The van der Waals surface area contributed by atoms with E-state index in [0.717, 1.165) is 24.3 Å². The van der Waals surface area contributed by atoms with Gasteiger partial charge in [-0.3, -0.25) is 0 Å². The molecule has 0 aliphatic rings. The molecule has 0 amide bonds. The zero-order chi connectivity index (χ0) is 10.3. The minimum Gasteiger partial charge on any atom is -0.320 e. The van der Waals surface area contributed by atoms with Crippen molar-refractivity contribution >= 4 is 0 Å². The van der Waals surface area contributed by atoms with Gasteiger partial charge in [-0.25, -0.2) is 0 Å². The fraction of sp³-hybridized carbons (Fsp3) is 1.00. The summed E-state index contributed by atoms with van der Waals surface area (Å²) in [6, 6.07) is 0. The van der Waals surface area contributed by atoms with Crippen LogP contribution in [0.25, 0.3) is 0 Å². The molecular formula is C12H27N. The first kappa shape index (κ1) is 13.0. The minimum atomic E-state index is 0.862. The van der Waals surface area contributed by atoms with Crippen LogP contribution < -0.4 is 5.32 Å². The second-order valence-corrected chi connectivity index (χ2v) is 4.60. The molecule has 0 spiro atoms. The Morgan fingerprint density at radius 1 is 1.08 bits per heavy atom. The highest BCUT2D eigenvalue weighted by Gasteiger charge is 2.13. The maximum Gasteiger partial charge on any atom is -0.00493 e.